The van der Waals surface area contributed by atoms with Crippen molar-refractivity contribution in [3.8, 4) is 0 Å². The molecule has 1 radical (unpaired) electrons. The third-order valence-corrected chi connectivity index (χ3v) is 3.22. The molecule has 1 nitrogen and oxygen atoms in total. The maximum absolute atomic E-state index is 12.0. The number of carbonyl (C=O) groups is 1. The highest BCUT2D eigenvalue weighted by Crippen LogP contribution is 2.13. The highest BCUT2D eigenvalue weighted by molar-refractivity contribution is 5.96. The van der Waals surface area contributed by atoms with Gasteiger partial charge in [-0.25, -0.2) is 0 Å². The molecule has 18 heavy (non-hydrogen) atoms. The van der Waals surface area contributed by atoms with E-state index in [1.54, 1.807) is 0 Å². The second-order valence-electron chi connectivity index (χ2n) is 4.89. The zero-order valence-corrected chi connectivity index (χ0v) is 11.6. The number of benzene rings is 1. The van der Waals surface area contributed by atoms with Gasteiger partial charge < -0.3 is 0 Å². The summed E-state index contributed by atoms with van der Waals surface area (Å²) in [5, 5.41) is 0. The lowest BCUT2D eigenvalue weighted by atomic mass is 10.00. The molecule has 0 amide bonds. The molecule has 1 aromatic rings. The molecule has 0 aliphatic heterocycles. The average molecular weight is 245 g/mol. The lowest BCUT2D eigenvalue weighted by molar-refractivity contribution is 0.0979. The summed E-state index contributed by atoms with van der Waals surface area (Å²) in [7, 11) is 0. The van der Waals surface area contributed by atoms with E-state index >= 15 is 0 Å². The average Bonchev–Trinajstić information content (AvgIpc) is 2.39. The molecular weight excluding hydrogens is 220 g/mol. The Bertz CT molecular complexity index is 354. The highest BCUT2D eigenvalue weighted by atomic mass is 16.1. The molecule has 1 rings (SSSR count). The van der Waals surface area contributed by atoms with E-state index < -0.39 is 0 Å². The normalized spacial score (nSPS) is 10.6. The molecule has 0 aromatic heterocycles. The van der Waals surface area contributed by atoms with Crippen LogP contribution in [0.1, 0.15) is 67.8 Å². The number of hydrogen-bond donors (Lipinski definition) is 0. The first-order chi connectivity index (χ1) is 8.77. The van der Waals surface area contributed by atoms with Gasteiger partial charge in [-0.1, -0.05) is 57.7 Å². The molecule has 0 saturated carbocycles. The van der Waals surface area contributed by atoms with Crippen molar-refractivity contribution >= 4 is 5.78 Å². The number of rotatable bonds is 9. The predicted molar refractivity (Wildman–Crippen MR) is 77.8 cm³/mol. The van der Waals surface area contributed by atoms with Crippen molar-refractivity contribution in [1.29, 1.82) is 0 Å². The minimum absolute atomic E-state index is 0.294. The fourth-order valence-corrected chi connectivity index (χ4v) is 2.09. The summed E-state index contributed by atoms with van der Waals surface area (Å²) in [4.78, 5) is 12.0. The fraction of sp³-hybridized carbons (Fsp3) is 0.529. The van der Waals surface area contributed by atoms with Crippen LogP contribution in [0.3, 0.4) is 0 Å². The smallest absolute Gasteiger partial charge is 0.162 e. The van der Waals surface area contributed by atoms with Crippen molar-refractivity contribution in [3.63, 3.8) is 0 Å². The van der Waals surface area contributed by atoms with Crippen LogP contribution in [-0.2, 0) is 6.42 Å². The lowest BCUT2D eigenvalue weighted by Crippen LogP contribution is -2.00. The zero-order valence-electron chi connectivity index (χ0n) is 11.6. The van der Waals surface area contributed by atoms with Gasteiger partial charge in [0.05, 0.1) is 0 Å². The molecule has 0 N–H and O–H groups in total. The van der Waals surface area contributed by atoms with Crippen molar-refractivity contribution in [2.75, 3.05) is 0 Å². The number of ketones is 1. The van der Waals surface area contributed by atoms with Crippen LogP contribution in [-0.4, -0.2) is 5.78 Å². The van der Waals surface area contributed by atoms with Crippen LogP contribution in [0.2, 0.25) is 0 Å². The molecule has 0 aliphatic carbocycles. The van der Waals surface area contributed by atoms with Gasteiger partial charge in [0, 0.05) is 12.0 Å². The van der Waals surface area contributed by atoms with Crippen molar-refractivity contribution < 1.29 is 4.79 Å². The molecule has 0 aliphatic rings. The Morgan fingerprint density at radius 3 is 2.72 bits per heavy atom. The first kappa shape index (κ1) is 14.9. The topological polar surface area (TPSA) is 17.1 Å². The number of carbonyl (C=O) groups excluding carboxylic acids is 1. The van der Waals surface area contributed by atoms with Crippen LogP contribution in [0, 0.1) is 6.92 Å². The summed E-state index contributed by atoms with van der Waals surface area (Å²) in [6, 6.07) is 8.13. The molecular formula is C17H25O. The Balaban J connectivity index is 2.49. The maximum atomic E-state index is 12.0. The van der Waals surface area contributed by atoms with Crippen molar-refractivity contribution in [1.82, 2.24) is 0 Å². The monoisotopic (exact) mass is 245 g/mol. The van der Waals surface area contributed by atoms with Gasteiger partial charge >= 0.3 is 0 Å². The quantitative estimate of drug-likeness (QED) is 0.442. The minimum Gasteiger partial charge on any atom is -0.294 e. The Morgan fingerprint density at radius 2 is 2.00 bits per heavy atom. The largest absolute Gasteiger partial charge is 0.294 e. The van der Waals surface area contributed by atoms with E-state index in [0.717, 1.165) is 44.1 Å². The van der Waals surface area contributed by atoms with E-state index in [2.05, 4.69) is 26.0 Å². The second kappa shape index (κ2) is 8.91. The van der Waals surface area contributed by atoms with Crippen LogP contribution >= 0.6 is 0 Å². The molecule has 0 bridgehead atoms. The molecule has 0 saturated heterocycles. The van der Waals surface area contributed by atoms with Crippen molar-refractivity contribution in [2.45, 2.75) is 58.3 Å². The van der Waals surface area contributed by atoms with Crippen LogP contribution in [0.25, 0.3) is 0 Å². The van der Waals surface area contributed by atoms with Gasteiger partial charge in [-0.2, -0.15) is 0 Å². The third kappa shape index (κ3) is 5.48. The molecule has 1 heteroatoms. The van der Waals surface area contributed by atoms with E-state index in [4.69, 9.17) is 0 Å². The van der Waals surface area contributed by atoms with Gasteiger partial charge in [0.1, 0.15) is 0 Å². The van der Waals surface area contributed by atoms with E-state index in [-0.39, 0.29) is 0 Å². The number of unbranched alkanes of at least 4 members (excludes halogenated alkanes) is 4. The van der Waals surface area contributed by atoms with Gasteiger partial charge in [-0.3, -0.25) is 4.79 Å². The maximum Gasteiger partial charge on any atom is 0.162 e. The SMILES string of the molecule is [CH2]CCCCc1cccc(C(=O)CCCCC)c1. The first-order valence-electron chi connectivity index (χ1n) is 7.19. The number of hydrogen-bond acceptors (Lipinski definition) is 1. The summed E-state index contributed by atoms with van der Waals surface area (Å²) in [6.45, 7) is 6.01. The van der Waals surface area contributed by atoms with Gasteiger partial charge in [-0.05, 0) is 30.9 Å². The van der Waals surface area contributed by atoms with Gasteiger partial charge in [0.15, 0.2) is 5.78 Å². The van der Waals surface area contributed by atoms with E-state index in [9.17, 15) is 4.79 Å². The standard InChI is InChI=1S/C17H25O/c1-3-5-7-10-15-11-9-12-16(14-15)17(18)13-8-6-4-2/h9,11-12,14H,1,3-8,10,13H2,2H3. The molecule has 0 heterocycles. The Labute approximate surface area is 112 Å². The Morgan fingerprint density at radius 1 is 1.17 bits per heavy atom. The predicted octanol–water partition coefficient (Wildman–Crippen LogP) is 5.00. The minimum atomic E-state index is 0.294. The van der Waals surface area contributed by atoms with Gasteiger partial charge in [-0.15, -0.1) is 0 Å². The molecule has 0 fully saturated rings. The zero-order chi connectivity index (χ0) is 13.2. The summed E-state index contributed by atoms with van der Waals surface area (Å²) in [6.07, 6.45) is 8.40. The van der Waals surface area contributed by atoms with Crippen molar-refractivity contribution in [3.05, 3.63) is 42.3 Å². The highest BCUT2D eigenvalue weighted by Gasteiger charge is 2.05. The second-order valence-corrected chi connectivity index (χ2v) is 4.89. The third-order valence-electron chi connectivity index (χ3n) is 3.22. The lowest BCUT2D eigenvalue weighted by Gasteiger charge is -2.04. The summed E-state index contributed by atoms with van der Waals surface area (Å²) in [5.74, 6) is 0.294. The number of aryl methyl sites for hydroxylation is 1. The van der Waals surface area contributed by atoms with Crippen LogP contribution in [0.5, 0.6) is 0 Å². The molecule has 0 spiro atoms. The van der Waals surface area contributed by atoms with E-state index in [1.807, 2.05) is 12.1 Å². The van der Waals surface area contributed by atoms with Gasteiger partial charge in [0.2, 0.25) is 0 Å². The Kier molecular flexibility index (Phi) is 7.40. The fourth-order valence-electron chi connectivity index (χ4n) is 2.09. The number of Topliss-reactive ketones (excluding diaryl/α,β-unsaturated/α-hetero) is 1. The van der Waals surface area contributed by atoms with E-state index in [0.29, 0.717) is 12.2 Å². The van der Waals surface area contributed by atoms with Crippen molar-refractivity contribution in [2.24, 2.45) is 0 Å². The van der Waals surface area contributed by atoms with Crippen LogP contribution in [0.15, 0.2) is 24.3 Å². The Hall–Kier alpha value is -1.11. The summed E-state index contributed by atoms with van der Waals surface area (Å²) < 4.78 is 0. The molecule has 0 atom stereocenters. The summed E-state index contributed by atoms with van der Waals surface area (Å²) >= 11 is 0. The molecule has 99 valence electrons. The van der Waals surface area contributed by atoms with Crippen LogP contribution < -0.4 is 0 Å². The summed E-state index contributed by atoms with van der Waals surface area (Å²) in [5.41, 5.74) is 2.17. The van der Waals surface area contributed by atoms with Gasteiger partial charge in [0.25, 0.3) is 0 Å². The molecule has 0 unspecified atom stereocenters. The van der Waals surface area contributed by atoms with E-state index in [1.165, 1.54) is 12.0 Å². The first-order valence-corrected chi connectivity index (χ1v) is 7.19. The molecule has 1 aromatic carbocycles. The van der Waals surface area contributed by atoms with Crippen LogP contribution in [0.4, 0.5) is 0 Å².